The molecule has 2 aromatic rings. The highest BCUT2D eigenvalue weighted by molar-refractivity contribution is 6.35. The zero-order chi connectivity index (χ0) is 17.1. The van der Waals surface area contributed by atoms with Gasteiger partial charge in [0.05, 0.1) is 18.7 Å². The third kappa shape index (κ3) is 4.29. The van der Waals surface area contributed by atoms with E-state index in [2.05, 4.69) is 10.1 Å². The first-order chi connectivity index (χ1) is 11.5. The number of hydrogen-bond acceptors (Lipinski definition) is 4. The molecule has 24 heavy (non-hydrogen) atoms. The average molecular weight is 368 g/mol. The summed E-state index contributed by atoms with van der Waals surface area (Å²) in [6, 6.07) is 7.18. The summed E-state index contributed by atoms with van der Waals surface area (Å²) in [6.07, 6.45) is 0.303. The van der Waals surface area contributed by atoms with Crippen LogP contribution < -0.4 is 0 Å². The van der Waals surface area contributed by atoms with Crippen molar-refractivity contribution in [3.05, 3.63) is 51.3 Å². The van der Waals surface area contributed by atoms with Crippen molar-refractivity contribution >= 4 is 29.1 Å². The molecule has 0 bridgehead atoms. The van der Waals surface area contributed by atoms with Crippen molar-refractivity contribution in [3.8, 4) is 0 Å². The van der Waals surface area contributed by atoms with E-state index in [1.165, 1.54) is 0 Å². The highest BCUT2D eigenvalue weighted by atomic mass is 35.5. The van der Waals surface area contributed by atoms with E-state index in [1.54, 1.807) is 12.1 Å². The van der Waals surface area contributed by atoms with Gasteiger partial charge in [-0.1, -0.05) is 34.4 Å². The molecule has 1 amide bonds. The van der Waals surface area contributed by atoms with Gasteiger partial charge in [0.2, 0.25) is 5.91 Å². The molecule has 0 radical (unpaired) electrons. The lowest BCUT2D eigenvalue weighted by molar-refractivity contribution is -0.132. The summed E-state index contributed by atoms with van der Waals surface area (Å²) in [5.41, 5.74) is 1.70. The SMILES string of the molecule is Cc1cc(CN2CCN(C(=O)Cc3ccc(Cl)cc3Cl)CC2)on1. The molecular formula is C17H19Cl2N3O2. The average Bonchev–Trinajstić information content (AvgIpc) is 2.96. The molecule has 0 saturated carbocycles. The lowest BCUT2D eigenvalue weighted by atomic mass is 10.1. The van der Waals surface area contributed by atoms with Gasteiger partial charge >= 0.3 is 0 Å². The number of aromatic nitrogens is 1. The Bertz CT molecular complexity index is 724. The van der Waals surface area contributed by atoms with Gasteiger partial charge in [-0.25, -0.2) is 0 Å². The van der Waals surface area contributed by atoms with Gasteiger partial charge in [-0.15, -0.1) is 0 Å². The number of halogens is 2. The summed E-state index contributed by atoms with van der Waals surface area (Å²) in [7, 11) is 0. The Hall–Kier alpha value is -1.56. The second kappa shape index (κ2) is 7.55. The van der Waals surface area contributed by atoms with Gasteiger partial charge in [0.15, 0.2) is 5.76 Å². The highest BCUT2D eigenvalue weighted by Gasteiger charge is 2.22. The first kappa shape index (κ1) is 17.3. The fourth-order valence-electron chi connectivity index (χ4n) is 2.81. The van der Waals surface area contributed by atoms with Gasteiger partial charge in [0.1, 0.15) is 0 Å². The van der Waals surface area contributed by atoms with E-state index in [4.69, 9.17) is 27.7 Å². The lowest BCUT2D eigenvalue weighted by Gasteiger charge is -2.34. The molecule has 1 aromatic carbocycles. The van der Waals surface area contributed by atoms with Gasteiger partial charge in [0.25, 0.3) is 0 Å². The van der Waals surface area contributed by atoms with Crippen LogP contribution in [-0.4, -0.2) is 47.0 Å². The normalized spacial score (nSPS) is 15.7. The van der Waals surface area contributed by atoms with E-state index in [0.29, 0.717) is 29.6 Å². The van der Waals surface area contributed by atoms with Crippen LogP contribution in [0.25, 0.3) is 0 Å². The number of carbonyl (C=O) groups is 1. The van der Waals surface area contributed by atoms with E-state index >= 15 is 0 Å². The molecule has 2 heterocycles. The summed E-state index contributed by atoms with van der Waals surface area (Å²) in [4.78, 5) is 16.6. The number of carbonyl (C=O) groups excluding carboxylic acids is 1. The van der Waals surface area contributed by atoms with Gasteiger partial charge in [-0.3, -0.25) is 9.69 Å². The summed E-state index contributed by atoms with van der Waals surface area (Å²) < 4.78 is 5.25. The van der Waals surface area contributed by atoms with Crippen molar-refractivity contribution in [1.82, 2.24) is 15.0 Å². The smallest absolute Gasteiger partial charge is 0.227 e. The predicted molar refractivity (Wildman–Crippen MR) is 93.3 cm³/mol. The zero-order valence-electron chi connectivity index (χ0n) is 13.5. The van der Waals surface area contributed by atoms with Gasteiger partial charge in [-0.2, -0.15) is 0 Å². The summed E-state index contributed by atoms with van der Waals surface area (Å²) in [5.74, 6) is 0.953. The molecule has 3 rings (SSSR count). The maximum atomic E-state index is 12.5. The lowest BCUT2D eigenvalue weighted by Crippen LogP contribution is -2.48. The molecular weight excluding hydrogens is 349 g/mol. The number of rotatable bonds is 4. The fourth-order valence-corrected chi connectivity index (χ4v) is 3.28. The van der Waals surface area contributed by atoms with E-state index in [1.807, 2.05) is 24.0 Å². The largest absolute Gasteiger partial charge is 0.360 e. The highest BCUT2D eigenvalue weighted by Crippen LogP contribution is 2.22. The molecule has 0 atom stereocenters. The third-order valence-corrected chi connectivity index (χ3v) is 4.72. The third-order valence-electron chi connectivity index (χ3n) is 4.14. The Morgan fingerprint density at radius 1 is 1.21 bits per heavy atom. The maximum absolute atomic E-state index is 12.5. The standard InChI is InChI=1S/C17H19Cl2N3O2/c1-12-8-15(24-20-12)11-21-4-6-22(7-5-21)17(23)9-13-2-3-14(18)10-16(13)19/h2-3,8,10H,4-7,9,11H2,1H3. The maximum Gasteiger partial charge on any atom is 0.227 e. The van der Waals surface area contributed by atoms with E-state index < -0.39 is 0 Å². The molecule has 0 unspecified atom stereocenters. The van der Waals surface area contributed by atoms with Crippen LogP contribution in [0.15, 0.2) is 28.8 Å². The van der Waals surface area contributed by atoms with E-state index in [9.17, 15) is 4.79 Å². The minimum atomic E-state index is 0.0920. The predicted octanol–water partition coefficient (Wildman–Crippen LogP) is 3.18. The van der Waals surface area contributed by atoms with Gasteiger partial charge in [-0.05, 0) is 24.6 Å². The molecule has 1 aliphatic rings. The van der Waals surface area contributed by atoms with E-state index in [0.717, 1.165) is 36.7 Å². The molecule has 5 nitrogen and oxygen atoms in total. The van der Waals surface area contributed by atoms with Crippen molar-refractivity contribution in [2.75, 3.05) is 26.2 Å². The Morgan fingerprint density at radius 3 is 2.58 bits per heavy atom. The monoisotopic (exact) mass is 367 g/mol. The Balaban J connectivity index is 1.51. The number of benzene rings is 1. The quantitative estimate of drug-likeness (QED) is 0.832. The molecule has 1 saturated heterocycles. The van der Waals surface area contributed by atoms with Crippen LogP contribution in [0.4, 0.5) is 0 Å². The van der Waals surface area contributed by atoms with Crippen LogP contribution in [0.5, 0.6) is 0 Å². The minimum absolute atomic E-state index is 0.0920. The van der Waals surface area contributed by atoms with Crippen molar-refractivity contribution in [2.45, 2.75) is 19.9 Å². The molecule has 1 aromatic heterocycles. The van der Waals surface area contributed by atoms with Gasteiger partial charge < -0.3 is 9.42 Å². The molecule has 0 aliphatic carbocycles. The molecule has 128 valence electrons. The Labute approximate surface area is 151 Å². The van der Waals surface area contributed by atoms with Crippen molar-refractivity contribution < 1.29 is 9.32 Å². The zero-order valence-corrected chi connectivity index (χ0v) is 15.0. The minimum Gasteiger partial charge on any atom is -0.360 e. The number of aryl methyl sites for hydroxylation is 1. The Kier molecular flexibility index (Phi) is 5.43. The van der Waals surface area contributed by atoms with Crippen LogP contribution in [0, 0.1) is 6.92 Å². The van der Waals surface area contributed by atoms with Crippen molar-refractivity contribution in [1.29, 1.82) is 0 Å². The molecule has 7 heteroatoms. The summed E-state index contributed by atoms with van der Waals surface area (Å²) in [6.45, 7) is 5.69. The first-order valence-corrected chi connectivity index (χ1v) is 8.63. The topological polar surface area (TPSA) is 49.6 Å². The van der Waals surface area contributed by atoms with Crippen molar-refractivity contribution in [2.24, 2.45) is 0 Å². The van der Waals surface area contributed by atoms with E-state index in [-0.39, 0.29) is 5.91 Å². The Morgan fingerprint density at radius 2 is 1.96 bits per heavy atom. The second-order valence-electron chi connectivity index (χ2n) is 6.00. The molecule has 1 aliphatic heterocycles. The second-order valence-corrected chi connectivity index (χ2v) is 6.85. The van der Waals surface area contributed by atoms with Crippen LogP contribution in [0.3, 0.4) is 0 Å². The van der Waals surface area contributed by atoms with Crippen LogP contribution in [-0.2, 0) is 17.8 Å². The molecule has 1 fully saturated rings. The number of nitrogens with zero attached hydrogens (tertiary/aromatic N) is 3. The molecule has 0 N–H and O–H groups in total. The van der Waals surface area contributed by atoms with Crippen LogP contribution in [0.2, 0.25) is 10.0 Å². The molecule has 0 spiro atoms. The summed E-state index contributed by atoms with van der Waals surface area (Å²) in [5, 5.41) is 5.01. The number of hydrogen-bond donors (Lipinski definition) is 0. The van der Waals surface area contributed by atoms with Gasteiger partial charge in [0, 0.05) is 42.3 Å². The summed E-state index contributed by atoms with van der Waals surface area (Å²) >= 11 is 12.0. The number of amides is 1. The van der Waals surface area contributed by atoms with Crippen LogP contribution in [0.1, 0.15) is 17.0 Å². The first-order valence-electron chi connectivity index (χ1n) is 7.87. The number of piperazine rings is 1. The van der Waals surface area contributed by atoms with Crippen LogP contribution >= 0.6 is 23.2 Å². The fraction of sp³-hybridized carbons (Fsp3) is 0.412. The van der Waals surface area contributed by atoms with Crippen molar-refractivity contribution in [3.63, 3.8) is 0 Å².